The predicted molar refractivity (Wildman–Crippen MR) is 167 cm³/mol. The molecule has 0 fully saturated rings. The number of carboxylic acid groups (broad SMARTS) is 6. The molecule has 36 nitrogen and oxygen atoms in total. The van der Waals surface area contributed by atoms with Crippen LogP contribution in [0.15, 0.2) is 149 Å². The normalized spacial score (nSPS) is 9.31. The van der Waals surface area contributed by atoms with Gasteiger partial charge >= 0.3 is 54.8 Å². The first-order valence-electron chi connectivity index (χ1n) is 14.8. The van der Waals surface area contributed by atoms with Gasteiger partial charge in [0.05, 0.1) is 0 Å². The standard InChI is InChI=1S/6C5H2O6.Mo/c6*6-2-1-3(4(7)8)10-11-5(2)9;/h6*1H,(H,7,8);/q;;;;;;+6/p-6. The van der Waals surface area contributed by atoms with E-state index in [0.717, 1.165) is 0 Å². The Hall–Kier alpha value is -10.4. The van der Waals surface area contributed by atoms with Gasteiger partial charge in [0.1, 0.15) is 35.8 Å². The first-order valence-corrected chi connectivity index (χ1v) is 14.8. The zero-order chi connectivity index (χ0) is 50.6. The van der Waals surface area contributed by atoms with Crippen LogP contribution in [0.3, 0.4) is 0 Å². The van der Waals surface area contributed by atoms with E-state index < -0.39 is 137 Å². The minimum Gasteiger partial charge on any atom is -0.541 e. The quantitative estimate of drug-likeness (QED) is 0.0849. The molecule has 0 aliphatic heterocycles. The Balaban J connectivity index is 0.000000778. The maximum Gasteiger partial charge on any atom is 6.00 e. The molecule has 67 heavy (non-hydrogen) atoms. The van der Waals surface area contributed by atoms with Gasteiger partial charge in [0.25, 0.3) is 32.6 Å². The molecule has 6 rings (SSSR count). The average molecular weight is 1040 g/mol. The number of aromatic carboxylic acids is 6. The maximum absolute atomic E-state index is 10.4. The summed E-state index contributed by atoms with van der Waals surface area (Å²) in [6.45, 7) is 0. The fourth-order valence-electron chi connectivity index (χ4n) is 2.51. The van der Waals surface area contributed by atoms with Crippen molar-refractivity contribution in [2.75, 3.05) is 0 Å². The third-order valence-corrected chi connectivity index (χ3v) is 5.23. The van der Waals surface area contributed by atoms with Gasteiger partial charge in [0.15, 0.2) is 0 Å². The molecule has 348 valence electrons. The van der Waals surface area contributed by atoms with Gasteiger partial charge in [0, 0.05) is 36.4 Å². The summed E-state index contributed by atoms with van der Waals surface area (Å²) in [5.41, 5.74) is -14.1. The minimum atomic E-state index is -1.72. The van der Waals surface area contributed by atoms with Gasteiger partial charge in [-0.05, 0) is 0 Å². The summed E-state index contributed by atoms with van der Waals surface area (Å²) in [5.74, 6) is -15.2. The number of carboxylic acids is 6. The molecule has 0 bridgehead atoms. The van der Waals surface area contributed by atoms with E-state index >= 15 is 0 Å². The summed E-state index contributed by atoms with van der Waals surface area (Å²) in [5, 5.41) is 59.8. The monoisotopic (exact) mass is 1040 g/mol. The second-order valence-corrected chi connectivity index (χ2v) is 9.69. The summed E-state index contributed by atoms with van der Waals surface area (Å²) in [7, 11) is 0. The fourth-order valence-corrected chi connectivity index (χ4v) is 2.51. The Kier molecular flexibility index (Phi) is 22.1. The number of carbonyl (C=O) groups excluding carboxylic acids is 6. The molecule has 0 spiro atoms. The molecular weight excluding hydrogens is 1030 g/mol. The third-order valence-electron chi connectivity index (χ3n) is 5.23. The van der Waals surface area contributed by atoms with Crippen molar-refractivity contribution in [3.63, 3.8) is 0 Å². The predicted octanol–water partition coefficient (Wildman–Crippen LogP) is -12.3. The van der Waals surface area contributed by atoms with E-state index in [1.165, 1.54) is 0 Å². The molecule has 0 atom stereocenters. The van der Waals surface area contributed by atoms with Crippen LogP contribution < -0.4 is 97.0 Å². The molecule has 0 saturated carbocycles. The molecule has 0 aromatic carbocycles. The van der Waals surface area contributed by atoms with Gasteiger partial charge in [-0.2, -0.15) is 0 Å². The van der Waals surface area contributed by atoms with Crippen LogP contribution in [0.4, 0.5) is 0 Å². The molecule has 37 heteroatoms. The van der Waals surface area contributed by atoms with Crippen LogP contribution >= 0.6 is 0 Å². The Morgan fingerprint density at radius 2 is 0.343 bits per heavy atom. The van der Waals surface area contributed by atoms with Crippen molar-refractivity contribution in [1.29, 1.82) is 0 Å². The van der Waals surface area contributed by atoms with E-state index in [-0.39, 0.29) is 21.1 Å². The smallest absolute Gasteiger partial charge is 0.541 e. The number of rotatable bonds is 6. The molecule has 0 aliphatic carbocycles. The second-order valence-electron chi connectivity index (χ2n) is 9.69. The largest absolute Gasteiger partial charge is 6.00 e. The van der Waals surface area contributed by atoms with Gasteiger partial charge in [-0.15, -0.1) is 0 Å². The summed E-state index contributed by atoms with van der Waals surface area (Å²) < 4.78 is 45.2. The van der Waals surface area contributed by atoms with Gasteiger partial charge in [-0.3, -0.25) is 56.2 Å². The van der Waals surface area contributed by atoms with Crippen LogP contribution in [0.25, 0.3) is 0 Å². The molecule has 0 saturated heterocycles. The molecule has 0 radical (unpaired) electrons. The zero-order valence-electron chi connectivity index (χ0n) is 30.6. The first kappa shape index (κ1) is 56.6. The number of hydrogen-bond acceptors (Lipinski definition) is 36. The van der Waals surface area contributed by atoms with Crippen LogP contribution in [0, 0.1) is 0 Å². The van der Waals surface area contributed by atoms with Crippen molar-refractivity contribution in [2.24, 2.45) is 0 Å². The van der Waals surface area contributed by atoms with Crippen LogP contribution in [0.1, 0.15) is 63.3 Å². The molecule has 0 unspecified atom stereocenters. The molecule has 6 aromatic heterocycles. The van der Waals surface area contributed by atoms with Crippen molar-refractivity contribution in [1.82, 2.24) is 0 Å². The van der Waals surface area contributed by atoms with Gasteiger partial charge in [-0.1, -0.05) is 0 Å². The van der Waals surface area contributed by atoms with Gasteiger partial charge in [-0.25, -0.2) is 56.2 Å². The van der Waals surface area contributed by atoms with Crippen molar-refractivity contribution >= 4 is 35.8 Å². The Morgan fingerprint density at radius 3 is 0.418 bits per heavy atom. The Bertz CT molecular complexity index is 2900. The van der Waals surface area contributed by atoms with Crippen molar-refractivity contribution in [3.05, 3.63) is 195 Å². The first-order chi connectivity index (χ1) is 30.7. The van der Waals surface area contributed by atoms with E-state index in [0.29, 0.717) is 36.4 Å². The Labute approximate surface area is 365 Å². The van der Waals surface area contributed by atoms with Crippen molar-refractivity contribution in [3.8, 4) is 0 Å². The minimum absolute atomic E-state index is 0. The fraction of sp³-hybridized carbons (Fsp3) is 0. The average Bonchev–Trinajstić information content (AvgIpc) is 3.24. The summed E-state index contributed by atoms with van der Waals surface area (Å²) in [6, 6.07) is 2.92. The van der Waals surface area contributed by atoms with Gasteiger partial charge in [0.2, 0.25) is 34.6 Å². The van der Waals surface area contributed by atoms with Crippen LogP contribution in [-0.2, 0) is 21.1 Å². The molecule has 0 aliphatic rings. The maximum atomic E-state index is 10.4. The van der Waals surface area contributed by atoms with Crippen LogP contribution in [0.5, 0.6) is 0 Å². The van der Waals surface area contributed by atoms with E-state index in [1.54, 1.807) is 0 Å². The van der Waals surface area contributed by atoms with Crippen molar-refractivity contribution in [2.45, 2.75) is 0 Å². The van der Waals surface area contributed by atoms with Crippen LogP contribution in [-0.4, -0.2) is 35.8 Å². The van der Waals surface area contributed by atoms with E-state index in [4.69, 9.17) is 0 Å². The molecule has 6 heterocycles. The third kappa shape index (κ3) is 19.0. The zero-order valence-corrected chi connectivity index (χ0v) is 32.6. The molecule has 0 amide bonds. The van der Waals surface area contributed by atoms with E-state index in [2.05, 4.69) is 54.9 Å². The second kappa shape index (κ2) is 26.2. The topological polar surface area (TPSA) is 603 Å². The number of hydrogen-bond donors (Lipinski definition) is 0. The summed E-state index contributed by atoms with van der Waals surface area (Å²) >= 11 is 0. The molecule has 6 aromatic rings. The van der Waals surface area contributed by atoms with Crippen LogP contribution in [0.2, 0.25) is 0 Å². The molecular formula is C30H6MoO36. The van der Waals surface area contributed by atoms with Gasteiger partial charge < -0.3 is 59.4 Å². The molecule has 0 N–H and O–H groups in total. The Morgan fingerprint density at radius 1 is 0.239 bits per heavy atom. The number of carbonyl (C=O) groups is 6. The SMILES string of the molecule is O=C([O-])c1cc(=O)c(=O)oo1.O=C([O-])c1cc(=O)c(=O)oo1.O=C([O-])c1cc(=O)c(=O)oo1.O=C([O-])c1cc(=O)c(=O)oo1.O=C([O-])c1cc(=O)c(=O)oo1.O=C([O-])c1cc(=O)c(=O)oo1.[Mo+6]. The summed E-state index contributed by atoms with van der Waals surface area (Å²) in [4.78, 5) is 183. The van der Waals surface area contributed by atoms with Crippen molar-refractivity contribution < 1.29 is 135 Å². The summed E-state index contributed by atoms with van der Waals surface area (Å²) in [6.07, 6.45) is 0. The van der Waals surface area contributed by atoms with E-state index in [9.17, 15) is 117 Å². The van der Waals surface area contributed by atoms with E-state index in [1.807, 2.05) is 0 Å².